The molecule has 0 rings (SSSR count). The van der Waals surface area contributed by atoms with Crippen LogP contribution < -0.4 is 5.73 Å². The summed E-state index contributed by atoms with van der Waals surface area (Å²) in [4.78, 5) is 38.1. The van der Waals surface area contributed by atoms with Crippen molar-refractivity contribution >= 4 is 19.8 Å². The number of phosphoric acid groups is 1. The molecular formula is C20H42NO10P. The van der Waals surface area contributed by atoms with Crippen LogP contribution >= 0.6 is 7.82 Å². The molecule has 0 saturated heterocycles. The first-order valence-electron chi connectivity index (χ1n) is 11.2. The van der Waals surface area contributed by atoms with Crippen molar-refractivity contribution in [1.29, 1.82) is 0 Å². The molecule has 0 aliphatic heterocycles. The number of carboxylic acids is 1. The molecule has 0 aromatic rings. The van der Waals surface area contributed by atoms with Crippen LogP contribution in [0.25, 0.3) is 0 Å². The predicted octanol–water partition coefficient (Wildman–Crippen LogP) is 2.09. The van der Waals surface area contributed by atoms with Crippen LogP contribution in [0.1, 0.15) is 84.0 Å². The molecule has 2 unspecified atom stereocenters. The van der Waals surface area contributed by atoms with E-state index in [-0.39, 0.29) is 6.61 Å². The zero-order chi connectivity index (χ0) is 24.8. The van der Waals surface area contributed by atoms with Crippen LogP contribution in [-0.2, 0) is 23.4 Å². The Kier molecular flexibility index (Phi) is 22.5. The van der Waals surface area contributed by atoms with Gasteiger partial charge >= 0.3 is 19.8 Å². The van der Waals surface area contributed by atoms with Crippen molar-refractivity contribution in [2.24, 2.45) is 5.73 Å². The molecule has 32 heavy (non-hydrogen) atoms. The number of rotatable bonds is 19. The fourth-order valence-electron chi connectivity index (χ4n) is 2.50. The third-order valence-corrected chi connectivity index (χ3v) is 4.86. The maximum atomic E-state index is 11.5. The number of carboxylic acid groups (broad SMARTS) is 1. The second-order valence-corrected chi connectivity index (χ2v) is 8.78. The predicted molar refractivity (Wildman–Crippen MR) is 119 cm³/mol. The highest BCUT2D eigenvalue weighted by molar-refractivity contribution is 7.46. The summed E-state index contributed by atoms with van der Waals surface area (Å²) < 4.78 is 19.4. The minimum atomic E-state index is -4.61. The van der Waals surface area contributed by atoms with Gasteiger partial charge in [-0.15, -0.1) is 0 Å². The third-order valence-electron chi connectivity index (χ3n) is 4.37. The van der Waals surface area contributed by atoms with Crippen LogP contribution in [0, 0.1) is 0 Å². The molecular weight excluding hydrogens is 445 g/mol. The number of aliphatic hydroxyl groups is 2. The van der Waals surface area contributed by atoms with Crippen molar-refractivity contribution in [3.8, 4) is 0 Å². The maximum Gasteiger partial charge on any atom is 0.469 e. The molecule has 2 atom stereocenters. The number of nitrogens with two attached hydrogens (primary N) is 1. The van der Waals surface area contributed by atoms with E-state index in [4.69, 9.17) is 30.5 Å². The SMILES string of the molecule is CCCCCCCCCCCCCC(=O)OCC(O)COP(=O)(O)O.NC(CO)C(=O)O. The van der Waals surface area contributed by atoms with Crippen molar-refractivity contribution in [3.05, 3.63) is 0 Å². The molecule has 0 aromatic carbocycles. The minimum absolute atomic E-state index is 0.295. The zero-order valence-corrected chi connectivity index (χ0v) is 20.0. The van der Waals surface area contributed by atoms with E-state index in [0.29, 0.717) is 6.42 Å². The summed E-state index contributed by atoms with van der Waals surface area (Å²) in [5, 5.41) is 25.3. The highest BCUT2D eigenvalue weighted by atomic mass is 31.2. The average Bonchev–Trinajstić information content (AvgIpc) is 2.73. The third kappa shape index (κ3) is 27.0. The van der Waals surface area contributed by atoms with Gasteiger partial charge in [-0.05, 0) is 6.42 Å². The molecule has 0 amide bonds. The second kappa shape index (κ2) is 21.8. The smallest absolute Gasteiger partial charge is 0.469 e. The number of aliphatic hydroxyl groups excluding tert-OH is 2. The zero-order valence-electron chi connectivity index (χ0n) is 19.1. The maximum absolute atomic E-state index is 11.5. The van der Waals surface area contributed by atoms with E-state index in [1.54, 1.807) is 0 Å². The van der Waals surface area contributed by atoms with Gasteiger partial charge in [0.05, 0.1) is 13.2 Å². The van der Waals surface area contributed by atoms with Crippen LogP contribution in [0.15, 0.2) is 0 Å². The number of ether oxygens (including phenoxy) is 1. The van der Waals surface area contributed by atoms with Crippen LogP contribution in [0.4, 0.5) is 0 Å². The Morgan fingerprint density at radius 1 is 0.906 bits per heavy atom. The van der Waals surface area contributed by atoms with E-state index < -0.39 is 45.1 Å². The molecule has 0 radical (unpaired) electrons. The molecule has 0 aliphatic rings. The van der Waals surface area contributed by atoms with E-state index in [0.717, 1.165) is 19.3 Å². The number of unbranched alkanes of at least 4 members (excludes halogenated alkanes) is 10. The summed E-state index contributed by atoms with van der Waals surface area (Å²) in [7, 11) is -4.61. The van der Waals surface area contributed by atoms with Crippen LogP contribution in [0.3, 0.4) is 0 Å². The Hall–Kier alpha value is -1.07. The van der Waals surface area contributed by atoms with E-state index in [2.05, 4.69) is 11.4 Å². The lowest BCUT2D eigenvalue weighted by atomic mass is 10.1. The summed E-state index contributed by atoms with van der Waals surface area (Å²) >= 11 is 0. The number of carbonyl (C=O) groups is 2. The van der Waals surface area contributed by atoms with Crippen LogP contribution in [-0.4, -0.2) is 69.0 Å². The molecule has 0 aliphatic carbocycles. The second-order valence-electron chi connectivity index (χ2n) is 7.54. The quantitative estimate of drug-likeness (QED) is 0.0886. The Balaban J connectivity index is 0. The molecule has 0 fully saturated rings. The summed E-state index contributed by atoms with van der Waals surface area (Å²) in [5.74, 6) is -1.59. The molecule has 11 nitrogen and oxygen atoms in total. The first-order chi connectivity index (χ1) is 15.0. The summed E-state index contributed by atoms with van der Waals surface area (Å²) in [6.45, 7) is 0.820. The number of esters is 1. The first kappa shape index (κ1) is 33.1. The van der Waals surface area contributed by atoms with Gasteiger partial charge in [0.1, 0.15) is 18.8 Å². The molecule has 0 aromatic heterocycles. The van der Waals surface area contributed by atoms with Crippen molar-refractivity contribution in [3.63, 3.8) is 0 Å². The van der Waals surface area contributed by atoms with Gasteiger partial charge in [-0.2, -0.15) is 0 Å². The van der Waals surface area contributed by atoms with Crippen molar-refractivity contribution in [2.75, 3.05) is 19.8 Å². The summed E-state index contributed by atoms with van der Waals surface area (Å²) in [6, 6.07) is -1.13. The topological polar surface area (TPSA) is 197 Å². The van der Waals surface area contributed by atoms with E-state index in [9.17, 15) is 19.3 Å². The first-order valence-corrected chi connectivity index (χ1v) is 12.7. The standard InChI is InChI=1S/C17H35O7P.C3H7NO3/c1-2-3-4-5-6-7-8-9-10-11-12-13-17(19)23-14-16(18)15-24-25(20,21)22;4-2(1-5)3(6)7/h16,18H,2-15H2,1H3,(H2,20,21,22);2,5H,1,4H2,(H,6,7). The van der Waals surface area contributed by atoms with Crippen molar-refractivity contribution < 1.29 is 48.5 Å². The number of hydrogen-bond donors (Lipinski definition) is 6. The molecule has 12 heteroatoms. The van der Waals surface area contributed by atoms with Gasteiger partial charge in [-0.25, -0.2) is 4.57 Å². The van der Waals surface area contributed by atoms with E-state index in [1.807, 2.05) is 0 Å². The lowest BCUT2D eigenvalue weighted by Gasteiger charge is -2.12. The van der Waals surface area contributed by atoms with Crippen LogP contribution in [0.2, 0.25) is 0 Å². The van der Waals surface area contributed by atoms with E-state index in [1.165, 1.54) is 51.4 Å². The molecule has 0 saturated carbocycles. The fraction of sp³-hybridized carbons (Fsp3) is 0.900. The van der Waals surface area contributed by atoms with Gasteiger partial charge < -0.3 is 35.6 Å². The largest absolute Gasteiger partial charge is 0.480 e. The lowest BCUT2D eigenvalue weighted by Crippen LogP contribution is -2.33. The Labute approximate surface area is 190 Å². The average molecular weight is 488 g/mol. The number of hydrogen-bond acceptors (Lipinski definition) is 8. The monoisotopic (exact) mass is 487 g/mol. The van der Waals surface area contributed by atoms with Gasteiger partial charge in [-0.1, -0.05) is 71.1 Å². The number of carbonyl (C=O) groups excluding carboxylic acids is 1. The molecule has 0 spiro atoms. The van der Waals surface area contributed by atoms with Crippen molar-refractivity contribution in [2.45, 2.75) is 96.1 Å². The highest BCUT2D eigenvalue weighted by Gasteiger charge is 2.17. The molecule has 7 N–H and O–H groups in total. The summed E-state index contributed by atoms with van der Waals surface area (Å²) in [5.41, 5.74) is 4.77. The summed E-state index contributed by atoms with van der Waals surface area (Å²) in [6.07, 6.45) is 12.3. The molecule has 0 bridgehead atoms. The van der Waals surface area contributed by atoms with E-state index >= 15 is 0 Å². The minimum Gasteiger partial charge on any atom is -0.480 e. The Morgan fingerprint density at radius 2 is 1.38 bits per heavy atom. The lowest BCUT2D eigenvalue weighted by molar-refractivity contribution is -0.147. The van der Waals surface area contributed by atoms with Crippen molar-refractivity contribution in [1.82, 2.24) is 0 Å². The number of phosphoric ester groups is 1. The van der Waals surface area contributed by atoms with Gasteiger partial charge in [0.15, 0.2) is 0 Å². The van der Waals surface area contributed by atoms with Gasteiger partial charge in [0.25, 0.3) is 0 Å². The molecule has 192 valence electrons. The van der Waals surface area contributed by atoms with Gasteiger partial charge in [0, 0.05) is 6.42 Å². The van der Waals surface area contributed by atoms with Gasteiger partial charge in [0.2, 0.25) is 0 Å². The number of aliphatic carboxylic acids is 1. The Bertz CT molecular complexity index is 515. The molecule has 0 heterocycles. The van der Waals surface area contributed by atoms with Gasteiger partial charge in [-0.3, -0.25) is 14.1 Å². The Morgan fingerprint density at radius 3 is 1.75 bits per heavy atom. The normalized spacial score (nSPS) is 13.1. The highest BCUT2D eigenvalue weighted by Crippen LogP contribution is 2.35. The fourth-order valence-corrected chi connectivity index (χ4v) is 2.87. The van der Waals surface area contributed by atoms with Crippen LogP contribution in [0.5, 0.6) is 0 Å².